The van der Waals surface area contributed by atoms with Crippen molar-refractivity contribution in [1.82, 2.24) is 4.90 Å². The Hall–Kier alpha value is -1.91. The largest absolute Gasteiger partial charge is 0.339 e. The predicted molar refractivity (Wildman–Crippen MR) is 67.4 cm³/mol. The van der Waals surface area contributed by atoms with Crippen LogP contribution in [0, 0.1) is 16.0 Å². The SMILES string of the molecule is CC1CCN(C(=O)c2cccc([N+](=O)[O-])c2)CC1. The Bertz CT molecular complexity index is 465. The zero-order valence-electron chi connectivity index (χ0n) is 10.3. The van der Waals surface area contributed by atoms with E-state index in [-0.39, 0.29) is 11.6 Å². The summed E-state index contributed by atoms with van der Waals surface area (Å²) in [5.74, 6) is 0.546. The quantitative estimate of drug-likeness (QED) is 0.596. The van der Waals surface area contributed by atoms with E-state index in [1.807, 2.05) is 0 Å². The molecule has 1 aromatic rings. The Morgan fingerprint density at radius 1 is 1.39 bits per heavy atom. The number of nitrogens with zero attached hydrogens (tertiary/aromatic N) is 2. The van der Waals surface area contributed by atoms with Gasteiger partial charge in [0.25, 0.3) is 11.6 Å². The van der Waals surface area contributed by atoms with Crippen LogP contribution in [0.5, 0.6) is 0 Å². The van der Waals surface area contributed by atoms with Gasteiger partial charge in [-0.15, -0.1) is 0 Å². The Morgan fingerprint density at radius 2 is 2.06 bits per heavy atom. The zero-order chi connectivity index (χ0) is 13.1. The van der Waals surface area contributed by atoms with Crippen LogP contribution in [0.2, 0.25) is 0 Å². The molecule has 0 aromatic heterocycles. The molecule has 5 nitrogen and oxygen atoms in total. The number of likely N-dealkylation sites (tertiary alicyclic amines) is 1. The van der Waals surface area contributed by atoms with Crippen molar-refractivity contribution in [2.45, 2.75) is 19.8 Å². The molecular weight excluding hydrogens is 232 g/mol. The molecule has 0 N–H and O–H groups in total. The van der Waals surface area contributed by atoms with Crippen molar-refractivity contribution in [3.05, 3.63) is 39.9 Å². The van der Waals surface area contributed by atoms with E-state index in [4.69, 9.17) is 0 Å². The Balaban J connectivity index is 2.13. The van der Waals surface area contributed by atoms with Gasteiger partial charge in [-0.25, -0.2) is 0 Å². The minimum absolute atomic E-state index is 0.0359. The summed E-state index contributed by atoms with van der Waals surface area (Å²) < 4.78 is 0. The maximum atomic E-state index is 12.2. The highest BCUT2D eigenvalue weighted by Crippen LogP contribution is 2.20. The highest BCUT2D eigenvalue weighted by molar-refractivity contribution is 5.94. The van der Waals surface area contributed by atoms with Gasteiger partial charge in [-0.1, -0.05) is 13.0 Å². The molecule has 96 valence electrons. The lowest BCUT2D eigenvalue weighted by Crippen LogP contribution is -2.37. The molecule has 1 amide bonds. The molecule has 2 rings (SSSR count). The minimum Gasteiger partial charge on any atom is -0.339 e. The van der Waals surface area contributed by atoms with Gasteiger partial charge in [0.15, 0.2) is 0 Å². The first-order chi connectivity index (χ1) is 8.58. The number of non-ortho nitro benzene ring substituents is 1. The molecule has 0 saturated carbocycles. The average molecular weight is 248 g/mol. The van der Waals surface area contributed by atoms with Gasteiger partial charge in [-0.3, -0.25) is 14.9 Å². The molecule has 5 heteroatoms. The summed E-state index contributed by atoms with van der Waals surface area (Å²) in [5.41, 5.74) is 0.366. The molecule has 1 saturated heterocycles. The molecule has 1 aliphatic heterocycles. The summed E-state index contributed by atoms with van der Waals surface area (Å²) in [6.45, 7) is 3.65. The fourth-order valence-corrected chi connectivity index (χ4v) is 2.15. The van der Waals surface area contributed by atoms with Crippen LogP contribution < -0.4 is 0 Å². The van der Waals surface area contributed by atoms with E-state index in [2.05, 4.69) is 6.92 Å². The van der Waals surface area contributed by atoms with Crippen LogP contribution in [0.25, 0.3) is 0 Å². The van der Waals surface area contributed by atoms with Crippen molar-refractivity contribution in [1.29, 1.82) is 0 Å². The van der Waals surface area contributed by atoms with E-state index < -0.39 is 4.92 Å². The first kappa shape index (κ1) is 12.5. The molecule has 0 spiro atoms. The van der Waals surface area contributed by atoms with Crippen LogP contribution in [0.4, 0.5) is 5.69 Å². The van der Waals surface area contributed by atoms with Crippen molar-refractivity contribution in [3.8, 4) is 0 Å². The van der Waals surface area contributed by atoms with Crippen LogP contribution in [0.15, 0.2) is 24.3 Å². The summed E-state index contributed by atoms with van der Waals surface area (Å²) in [5, 5.41) is 10.7. The van der Waals surface area contributed by atoms with E-state index in [0.29, 0.717) is 11.5 Å². The van der Waals surface area contributed by atoms with E-state index in [0.717, 1.165) is 25.9 Å². The van der Waals surface area contributed by atoms with Gasteiger partial charge in [0.1, 0.15) is 0 Å². The van der Waals surface area contributed by atoms with Crippen molar-refractivity contribution < 1.29 is 9.72 Å². The van der Waals surface area contributed by atoms with Crippen molar-refractivity contribution >= 4 is 11.6 Å². The van der Waals surface area contributed by atoms with Gasteiger partial charge in [-0.2, -0.15) is 0 Å². The monoisotopic (exact) mass is 248 g/mol. The predicted octanol–water partition coefficient (Wildman–Crippen LogP) is 2.47. The van der Waals surface area contributed by atoms with Crippen molar-refractivity contribution in [3.63, 3.8) is 0 Å². The first-order valence-electron chi connectivity index (χ1n) is 6.11. The number of rotatable bonds is 2. The number of hydrogen-bond acceptors (Lipinski definition) is 3. The number of hydrogen-bond donors (Lipinski definition) is 0. The molecule has 0 aliphatic carbocycles. The number of carbonyl (C=O) groups excluding carboxylic acids is 1. The second-order valence-electron chi connectivity index (χ2n) is 4.78. The molecule has 0 atom stereocenters. The number of benzene rings is 1. The summed E-state index contributed by atoms with van der Waals surface area (Å²) in [4.78, 5) is 24.2. The van der Waals surface area contributed by atoms with Crippen LogP contribution in [-0.4, -0.2) is 28.8 Å². The highest BCUT2D eigenvalue weighted by Gasteiger charge is 2.22. The summed E-state index contributed by atoms with van der Waals surface area (Å²) in [6.07, 6.45) is 2.00. The van der Waals surface area contributed by atoms with Gasteiger partial charge >= 0.3 is 0 Å². The third kappa shape index (κ3) is 2.67. The standard InChI is InChI=1S/C13H16N2O3/c1-10-5-7-14(8-6-10)13(16)11-3-2-4-12(9-11)15(17)18/h2-4,9-10H,5-8H2,1H3. The molecule has 0 unspecified atom stereocenters. The number of nitro benzene ring substituents is 1. The lowest BCUT2D eigenvalue weighted by molar-refractivity contribution is -0.384. The summed E-state index contributed by atoms with van der Waals surface area (Å²) in [6, 6.07) is 5.93. The Labute approximate surface area is 106 Å². The number of piperidine rings is 1. The molecule has 1 aliphatic rings. The maximum absolute atomic E-state index is 12.2. The molecule has 1 heterocycles. The highest BCUT2D eigenvalue weighted by atomic mass is 16.6. The minimum atomic E-state index is -0.477. The molecular formula is C13H16N2O3. The lowest BCUT2D eigenvalue weighted by Gasteiger charge is -2.30. The Kier molecular flexibility index (Phi) is 3.60. The van der Waals surface area contributed by atoms with E-state index >= 15 is 0 Å². The van der Waals surface area contributed by atoms with Gasteiger partial charge in [0.05, 0.1) is 4.92 Å². The van der Waals surface area contributed by atoms with E-state index in [9.17, 15) is 14.9 Å². The van der Waals surface area contributed by atoms with E-state index in [1.165, 1.54) is 12.1 Å². The maximum Gasteiger partial charge on any atom is 0.270 e. The lowest BCUT2D eigenvalue weighted by atomic mass is 9.98. The molecule has 1 aromatic carbocycles. The van der Waals surface area contributed by atoms with Crippen LogP contribution in [0.1, 0.15) is 30.1 Å². The van der Waals surface area contributed by atoms with Gasteiger partial charge < -0.3 is 4.90 Å². The zero-order valence-corrected chi connectivity index (χ0v) is 10.3. The van der Waals surface area contributed by atoms with Crippen molar-refractivity contribution in [2.75, 3.05) is 13.1 Å². The molecule has 0 bridgehead atoms. The topological polar surface area (TPSA) is 63.5 Å². The van der Waals surface area contributed by atoms with Crippen molar-refractivity contribution in [2.24, 2.45) is 5.92 Å². The molecule has 1 fully saturated rings. The third-order valence-corrected chi connectivity index (χ3v) is 3.37. The average Bonchev–Trinajstić information content (AvgIpc) is 2.39. The molecule has 0 radical (unpaired) electrons. The fourth-order valence-electron chi connectivity index (χ4n) is 2.15. The van der Waals surface area contributed by atoms with E-state index in [1.54, 1.807) is 17.0 Å². The normalized spacial score (nSPS) is 16.6. The van der Waals surface area contributed by atoms with Gasteiger partial charge in [0, 0.05) is 30.8 Å². The number of nitro groups is 1. The Morgan fingerprint density at radius 3 is 2.67 bits per heavy atom. The summed E-state index contributed by atoms with van der Waals surface area (Å²) >= 11 is 0. The van der Waals surface area contributed by atoms with Gasteiger partial charge in [-0.05, 0) is 24.8 Å². The molecule has 18 heavy (non-hydrogen) atoms. The second-order valence-corrected chi connectivity index (χ2v) is 4.78. The third-order valence-electron chi connectivity index (χ3n) is 3.37. The first-order valence-corrected chi connectivity index (χ1v) is 6.11. The van der Waals surface area contributed by atoms with Gasteiger partial charge in [0.2, 0.25) is 0 Å². The fraction of sp³-hybridized carbons (Fsp3) is 0.462. The van der Waals surface area contributed by atoms with Crippen LogP contribution in [0.3, 0.4) is 0 Å². The van der Waals surface area contributed by atoms with Crippen LogP contribution >= 0.6 is 0 Å². The number of carbonyl (C=O) groups is 1. The summed E-state index contributed by atoms with van der Waals surface area (Å²) in [7, 11) is 0. The van der Waals surface area contributed by atoms with Crippen LogP contribution in [-0.2, 0) is 0 Å². The number of amides is 1. The smallest absolute Gasteiger partial charge is 0.270 e. The second kappa shape index (κ2) is 5.16.